The molecule has 19 heavy (non-hydrogen) atoms. The molecule has 1 heterocycles. The van der Waals surface area contributed by atoms with Crippen molar-refractivity contribution >= 4 is 17.2 Å². The number of hydrogen-bond donors (Lipinski definition) is 3. The van der Waals surface area contributed by atoms with Gasteiger partial charge in [-0.25, -0.2) is 9.78 Å². The molecule has 6 heteroatoms. The summed E-state index contributed by atoms with van der Waals surface area (Å²) in [6, 6.07) is 4.01. The number of phenols is 1. The van der Waals surface area contributed by atoms with Crippen molar-refractivity contribution in [3.63, 3.8) is 0 Å². The van der Waals surface area contributed by atoms with Crippen LogP contribution in [-0.4, -0.2) is 21.3 Å². The van der Waals surface area contributed by atoms with Crippen LogP contribution < -0.4 is 5.32 Å². The number of nitrogens with zero attached hydrogens (tertiary/aromatic N) is 1. The molecule has 2 aromatic rings. The molecule has 0 saturated carbocycles. The van der Waals surface area contributed by atoms with E-state index in [1.807, 2.05) is 20.8 Å². The second-order valence-corrected chi connectivity index (χ2v) is 5.45. The number of aromatic hydroxyl groups is 1. The molecule has 102 valence electrons. The maximum absolute atomic E-state index is 10.9. The van der Waals surface area contributed by atoms with Crippen molar-refractivity contribution in [1.29, 1.82) is 0 Å². The van der Waals surface area contributed by atoms with E-state index in [-0.39, 0.29) is 17.1 Å². The Morgan fingerprint density at radius 3 is 2.68 bits per heavy atom. The number of fused-ring (bicyclic) bond motifs is 1. The number of phenolic OH excluding ortho intramolecular Hbond substituents is 1. The van der Waals surface area contributed by atoms with E-state index in [0.717, 1.165) is 0 Å². The number of rotatable bonds is 2. The van der Waals surface area contributed by atoms with Crippen molar-refractivity contribution in [3.8, 4) is 5.75 Å². The predicted octanol–water partition coefficient (Wildman–Crippen LogP) is 2.89. The van der Waals surface area contributed by atoms with Crippen molar-refractivity contribution in [3.05, 3.63) is 24.1 Å². The summed E-state index contributed by atoms with van der Waals surface area (Å²) in [6.45, 7) is 5.67. The van der Waals surface area contributed by atoms with Crippen molar-refractivity contribution in [2.24, 2.45) is 5.41 Å². The molecule has 2 rings (SSSR count). The number of oxazole rings is 1. The van der Waals surface area contributed by atoms with Gasteiger partial charge in [0.25, 0.3) is 0 Å². The second kappa shape index (κ2) is 4.46. The highest BCUT2D eigenvalue weighted by atomic mass is 16.4. The molecule has 1 unspecified atom stereocenters. The van der Waals surface area contributed by atoms with Crippen LogP contribution in [0.3, 0.4) is 0 Å². The molecule has 6 nitrogen and oxygen atoms in total. The first kappa shape index (κ1) is 13.2. The molecule has 3 N–H and O–H groups in total. The largest absolute Gasteiger partial charge is 0.508 e. The average Bonchev–Trinajstić information content (AvgIpc) is 2.66. The normalized spacial score (nSPS) is 13.4. The number of nitrogens with one attached hydrogen (secondary N) is 1. The summed E-state index contributed by atoms with van der Waals surface area (Å²) in [4.78, 5) is 15.1. The summed E-state index contributed by atoms with van der Waals surface area (Å²) >= 11 is 0. The first-order valence-corrected chi connectivity index (χ1v) is 5.86. The van der Waals surface area contributed by atoms with E-state index < -0.39 is 12.1 Å². The third-order valence-electron chi connectivity index (χ3n) is 2.77. The molecule has 1 aromatic carbocycles. The summed E-state index contributed by atoms with van der Waals surface area (Å²) in [5.74, 6) is 0.365. The minimum atomic E-state index is -1.13. The van der Waals surface area contributed by atoms with Crippen LogP contribution >= 0.6 is 0 Å². The molecular weight excluding hydrogens is 248 g/mol. The van der Waals surface area contributed by atoms with E-state index in [0.29, 0.717) is 11.1 Å². The number of benzene rings is 1. The summed E-state index contributed by atoms with van der Waals surface area (Å²) in [7, 11) is 0. The Hall–Kier alpha value is -2.24. The van der Waals surface area contributed by atoms with Gasteiger partial charge in [0, 0.05) is 6.07 Å². The molecule has 1 aromatic heterocycles. The van der Waals surface area contributed by atoms with Crippen molar-refractivity contribution < 1.29 is 19.4 Å². The highest BCUT2D eigenvalue weighted by Crippen LogP contribution is 2.34. The Morgan fingerprint density at radius 2 is 2.11 bits per heavy atom. The Balaban J connectivity index is 2.47. The van der Waals surface area contributed by atoms with Gasteiger partial charge in [0.1, 0.15) is 17.3 Å². The lowest BCUT2D eigenvalue weighted by molar-refractivity contribution is 0.167. The first-order chi connectivity index (χ1) is 8.77. The SMILES string of the molecule is CC(C)(C)C(NC(=O)O)c1nc2ccc(O)cc2o1. The maximum atomic E-state index is 10.9. The molecule has 0 radical (unpaired) electrons. The fourth-order valence-electron chi connectivity index (χ4n) is 1.83. The van der Waals surface area contributed by atoms with Crippen molar-refractivity contribution in [2.75, 3.05) is 0 Å². The van der Waals surface area contributed by atoms with Crippen LogP contribution in [0.4, 0.5) is 4.79 Å². The quantitative estimate of drug-likeness (QED) is 0.775. The lowest BCUT2D eigenvalue weighted by atomic mass is 9.87. The van der Waals surface area contributed by atoms with E-state index in [1.54, 1.807) is 6.07 Å². The Bertz CT molecular complexity index is 613. The lowest BCUT2D eigenvalue weighted by Gasteiger charge is -2.27. The average molecular weight is 264 g/mol. The van der Waals surface area contributed by atoms with Gasteiger partial charge in [-0.2, -0.15) is 0 Å². The van der Waals surface area contributed by atoms with Gasteiger partial charge in [-0.05, 0) is 17.5 Å². The molecule has 0 aliphatic carbocycles. The van der Waals surface area contributed by atoms with Crippen LogP contribution in [0.5, 0.6) is 5.75 Å². The number of carboxylic acid groups (broad SMARTS) is 1. The molecule has 1 atom stereocenters. The van der Waals surface area contributed by atoms with Gasteiger partial charge in [-0.3, -0.25) is 0 Å². The zero-order valence-corrected chi connectivity index (χ0v) is 11.0. The smallest absolute Gasteiger partial charge is 0.405 e. The summed E-state index contributed by atoms with van der Waals surface area (Å²) in [6.07, 6.45) is -1.13. The minimum Gasteiger partial charge on any atom is -0.508 e. The van der Waals surface area contributed by atoms with E-state index >= 15 is 0 Å². The van der Waals surface area contributed by atoms with E-state index in [2.05, 4.69) is 10.3 Å². The molecule has 0 fully saturated rings. The molecule has 0 aliphatic rings. The second-order valence-electron chi connectivity index (χ2n) is 5.45. The van der Waals surface area contributed by atoms with Crippen LogP contribution in [0.1, 0.15) is 32.7 Å². The van der Waals surface area contributed by atoms with Gasteiger partial charge >= 0.3 is 6.09 Å². The number of aromatic nitrogens is 1. The van der Waals surface area contributed by atoms with E-state index in [1.165, 1.54) is 12.1 Å². The van der Waals surface area contributed by atoms with Gasteiger partial charge in [0.2, 0.25) is 5.89 Å². The number of amides is 1. The van der Waals surface area contributed by atoms with E-state index in [9.17, 15) is 9.90 Å². The number of hydrogen-bond acceptors (Lipinski definition) is 4. The molecule has 0 bridgehead atoms. The minimum absolute atomic E-state index is 0.0775. The lowest BCUT2D eigenvalue weighted by Crippen LogP contribution is -2.35. The predicted molar refractivity (Wildman–Crippen MR) is 69.0 cm³/mol. The summed E-state index contributed by atoms with van der Waals surface area (Å²) < 4.78 is 5.54. The Labute approximate surface area is 110 Å². The monoisotopic (exact) mass is 264 g/mol. The zero-order chi connectivity index (χ0) is 14.2. The van der Waals surface area contributed by atoms with Crippen LogP contribution in [-0.2, 0) is 0 Å². The molecular formula is C13H16N2O4. The fraction of sp³-hybridized carbons (Fsp3) is 0.385. The first-order valence-electron chi connectivity index (χ1n) is 5.86. The molecule has 0 spiro atoms. The maximum Gasteiger partial charge on any atom is 0.405 e. The zero-order valence-electron chi connectivity index (χ0n) is 11.0. The van der Waals surface area contributed by atoms with Gasteiger partial charge in [-0.15, -0.1) is 0 Å². The van der Waals surface area contributed by atoms with Gasteiger partial charge < -0.3 is 19.9 Å². The van der Waals surface area contributed by atoms with Gasteiger partial charge in [0.05, 0.1) is 0 Å². The van der Waals surface area contributed by atoms with Gasteiger partial charge in [0.15, 0.2) is 5.58 Å². The van der Waals surface area contributed by atoms with Crippen molar-refractivity contribution in [1.82, 2.24) is 10.3 Å². The van der Waals surface area contributed by atoms with E-state index in [4.69, 9.17) is 9.52 Å². The third-order valence-corrected chi connectivity index (χ3v) is 2.77. The summed E-state index contributed by atoms with van der Waals surface area (Å²) in [5, 5.41) is 20.7. The van der Waals surface area contributed by atoms with Crippen LogP contribution in [0.15, 0.2) is 22.6 Å². The standard InChI is InChI=1S/C13H16N2O4/c1-13(2,3)10(15-12(17)18)11-14-8-5-4-7(16)6-9(8)19-11/h4-6,10,15-16H,1-3H3,(H,17,18). The topological polar surface area (TPSA) is 95.6 Å². The Kier molecular flexibility index (Phi) is 3.09. The highest BCUT2D eigenvalue weighted by molar-refractivity contribution is 5.74. The fourth-order valence-corrected chi connectivity index (χ4v) is 1.83. The molecule has 0 saturated heterocycles. The summed E-state index contributed by atoms with van der Waals surface area (Å²) in [5.41, 5.74) is 0.618. The van der Waals surface area contributed by atoms with Crippen LogP contribution in [0.25, 0.3) is 11.1 Å². The van der Waals surface area contributed by atoms with Crippen LogP contribution in [0, 0.1) is 5.41 Å². The molecule has 0 aliphatic heterocycles. The highest BCUT2D eigenvalue weighted by Gasteiger charge is 2.32. The Morgan fingerprint density at radius 1 is 1.42 bits per heavy atom. The van der Waals surface area contributed by atoms with Crippen LogP contribution in [0.2, 0.25) is 0 Å². The number of carbonyl (C=O) groups is 1. The van der Waals surface area contributed by atoms with Crippen molar-refractivity contribution in [2.45, 2.75) is 26.8 Å². The molecule has 1 amide bonds. The van der Waals surface area contributed by atoms with Gasteiger partial charge in [-0.1, -0.05) is 20.8 Å². The third kappa shape index (κ3) is 2.78.